The normalized spacial score (nSPS) is 24.1. The number of nitrogens with zero attached hydrogens (tertiary/aromatic N) is 2. The van der Waals surface area contributed by atoms with Crippen molar-refractivity contribution >= 4 is 0 Å². The van der Waals surface area contributed by atoms with E-state index < -0.39 is 0 Å². The van der Waals surface area contributed by atoms with Crippen LogP contribution in [0.15, 0.2) is 67.1 Å². The predicted molar refractivity (Wildman–Crippen MR) is 113 cm³/mol. The van der Waals surface area contributed by atoms with E-state index in [1.54, 1.807) is 0 Å². The number of imidazole rings is 1. The van der Waals surface area contributed by atoms with Gasteiger partial charge in [-0.2, -0.15) is 0 Å². The van der Waals surface area contributed by atoms with Crippen molar-refractivity contribution in [1.82, 2.24) is 9.55 Å². The van der Waals surface area contributed by atoms with Gasteiger partial charge in [0, 0.05) is 5.56 Å². The summed E-state index contributed by atoms with van der Waals surface area (Å²) in [5, 5.41) is 11.0. The van der Waals surface area contributed by atoms with Gasteiger partial charge in [-0.15, -0.1) is 0 Å². The number of hydrogen-bond donors (Lipinski definition) is 1. The van der Waals surface area contributed by atoms with Crippen LogP contribution in [0.4, 0.5) is 0 Å². The Morgan fingerprint density at radius 1 is 1.00 bits per heavy atom. The maximum absolute atomic E-state index is 11.0. The van der Waals surface area contributed by atoms with Crippen LogP contribution < -0.4 is 0 Å². The summed E-state index contributed by atoms with van der Waals surface area (Å²) in [7, 11) is 0. The van der Waals surface area contributed by atoms with Gasteiger partial charge in [0.05, 0.1) is 43.1 Å². The first kappa shape index (κ1) is 18.6. The molecule has 1 aliphatic heterocycles. The molecule has 2 unspecified atom stereocenters. The molecule has 1 fully saturated rings. The van der Waals surface area contributed by atoms with Crippen molar-refractivity contribution < 1.29 is 9.84 Å². The predicted octanol–water partition coefficient (Wildman–Crippen LogP) is 4.98. The minimum absolute atomic E-state index is 0.186. The molecule has 1 aromatic heterocycles. The second-order valence-corrected chi connectivity index (χ2v) is 8.43. The van der Waals surface area contributed by atoms with E-state index in [0.29, 0.717) is 18.6 Å². The molecule has 0 radical (unpaired) electrons. The van der Waals surface area contributed by atoms with Gasteiger partial charge in [-0.05, 0) is 49.1 Å². The standard InChI is InChI=1S/C25H28N2O2/c28-25(14-23-21-8-4-5-9-22(21)24-15-26-17-27(23)24)19-10-12-20(13-11-19)29-16-18-6-2-1-3-7-18/h1-9,15,17,19-20,23,25,28H,10-14,16H2/t19-,20-,23?,25?. The summed E-state index contributed by atoms with van der Waals surface area (Å²) < 4.78 is 8.34. The molecule has 2 heterocycles. The smallest absolute Gasteiger partial charge is 0.0956 e. The average Bonchev–Trinajstić information content (AvgIpc) is 3.36. The number of aliphatic hydroxyl groups excluding tert-OH is 1. The number of aliphatic hydroxyl groups is 1. The Morgan fingerprint density at radius 2 is 1.76 bits per heavy atom. The van der Waals surface area contributed by atoms with Crippen LogP contribution in [0, 0.1) is 5.92 Å². The molecular weight excluding hydrogens is 360 g/mol. The Balaban J connectivity index is 1.17. The largest absolute Gasteiger partial charge is 0.393 e. The van der Waals surface area contributed by atoms with Crippen LogP contribution in [0.25, 0.3) is 11.3 Å². The van der Waals surface area contributed by atoms with Crippen LogP contribution in [0.5, 0.6) is 0 Å². The molecule has 0 spiro atoms. The molecule has 3 aromatic rings. The van der Waals surface area contributed by atoms with Crippen molar-refractivity contribution in [2.75, 3.05) is 0 Å². The molecule has 0 saturated heterocycles. The fourth-order valence-corrected chi connectivity index (χ4v) is 5.02. The highest BCUT2D eigenvalue weighted by Gasteiger charge is 2.33. The van der Waals surface area contributed by atoms with E-state index in [4.69, 9.17) is 4.74 Å². The van der Waals surface area contributed by atoms with Crippen molar-refractivity contribution in [3.05, 3.63) is 78.2 Å². The molecule has 29 heavy (non-hydrogen) atoms. The third kappa shape index (κ3) is 3.75. The van der Waals surface area contributed by atoms with E-state index in [2.05, 4.69) is 58.1 Å². The number of aromatic nitrogens is 2. The third-order valence-electron chi connectivity index (χ3n) is 6.65. The number of rotatable bonds is 6. The summed E-state index contributed by atoms with van der Waals surface area (Å²) in [5.74, 6) is 0.353. The zero-order chi connectivity index (χ0) is 19.6. The first-order chi connectivity index (χ1) is 14.3. The summed E-state index contributed by atoms with van der Waals surface area (Å²) in [4.78, 5) is 4.33. The van der Waals surface area contributed by atoms with Gasteiger partial charge in [-0.3, -0.25) is 0 Å². The lowest BCUT2D eigenvalue weighted by Gasteiger charge is -2.32. The van der Waals surface area contributed by atoms with Crippen LogP contribution in [0.1, 0.15) is 49.3 Å². The van der Waals surface area contributed by atoms with Crippen molar-refractivity contribution in [3.63, 3.8) is 0 Å². The molecule has 4 nitrogen and oxygen atoms in total. The SMILES string of the molecule is OC(CC1c2ccccc2-c2cncn21)[C@H]1CC[C@H](OCc2ccccc2)CC1. The zero-order valence-corrected chi connectivity index (χ0v) is 16.7. The van der Waals surface area contributed by atoms with Gasteiger partial charge in [-0.1, -0.05) is 54.6 Å². The van der Waals surface area contributed by atoms with Crippen LogP contribution in [0.3, 0.4) is 0 Å². The Morgan fingerprint density at radius 3 is 2.59 bits per heavy atom. The molecule has 2 aliphatic rings. The Labute approximate surface area is 172 Å². The van der Waals surface area contributed by atoms with E-state index >= 15 is 0 Å². The summed E-state index contributed by atoms with van der Waals surface area (Å²) in [6.45, 7) is 0.682. The van der Waals surface area contributed by atoms with Crippen molar-refractivity contribution in [2.24, 2.45) is 5.92 Å². The highest BCUT2D eigenvalue weighted by molar-refractivity contribution is 5.68. The number of fused-ring (bicyclic) bond motifs is 3. The lowest BCUT2D eigenvalue weighted by molar-refractivity contribution is -0.0160. The van der Waals surface area contributed by atoms with Crippen LogP contribution >= 0.6 is 0 Å². The van der Waals surface area contributed by atoms with Gasteiger partial charge in [0.15, 0.2) is 0 Å². The molecule has 1 N–H and O–H groups in total. The quantitative estimate of drug-likeness (QED) is 0.648. The van der Waals surface area contributed by atoms with Crippen molar-refractivity contribution in [2.45, 2.75) is 57.0 Å². The summed E-state index contributed by atoms with van der Waals surface area (Å²) >= 11 is 0. The fourth-order valence-electron chi connectivity index (χ4n) is 5.02. The third-order valence-corrected chi connectivity index (χ3v) is 6.65. The molecule has 4 heteroatoms. The van der Waals surface area contributed by atoms with E-state index in [9.17, 15) is 5.11 Å². The summed E-state index contributed by atoms with van der Waals surface area (Å²) in [5.41, 5.74) is 4.95. The molecule has 2 atom stereocenters. The summed E-state index contributed by atoms with van der Waals surface area (Å²) in [6, 6.07) is 19.1. The number of ether oxygens (including phenoxy) is 1. The second kappa shape index (κ2) is 8.13. The Bertz CT molecular complexity index is 944. The average molecular weight is 389 g/mol. The maximum Gasteiger partial charge on any atom is 0.0956 e. The zero-order valence-electron chi connectivity index (χ0n) is 16.7. The lowest BCUT2D eigenvalue weighted by Crippen LogP contribution is -2.30. The topological polar surface area (TPSA) is 47.3 Å². The molecule has 5 rings (SSSR count). The summed E-state index contributed by atoms with van der Waals surface area (Å²) in [6.07, 6.45) is 8.74. The first-order valence-corrected chi connectivity index (χ1v) is 10.7. The molecule has 150 valence electrons. The number of hydrogen-bond acceptors (Lipinski definition) is 3. The Kier molecular flexibility index (Phi) is 5.21. The van der Waals surface area contributed by atoms with E-state index in [0.717, 1.165) is 37.8 Å². The van der Waals surface area contributed by atoms with E-state index in [-0.39, 0.29) is 12.1 Å². The molecule has 0 amide bonds. The van der Waals surface area contributed by atoms with E-state index in [1.165, 1.54) is 16.7 Å². The van der Waals surface area contributed by atoms with Gasteiger partial charge < -0.3 is 14.4 Å². The lowest BCUT2D eigenvalue weighted by atomic mass is 9.81. The Hall–Kier alpha value is -2.43. The molecule has 1 saturated carbocycles. The van der Waals surface area contributed by atoms with Crippen molar-refractivity contribution in [3.8, 4) is 11.3 Å². The molecular formula is C25H28N2O2. The monoisotopic (exact) mass is 388 g/mol. The molecule has 0 bridgehead atoms. The fraction of sp³-hybridized carbons (Fsp3) is 0.400. The highest BCUT2D eigenvalue weighted by atomic mass is 16.5. The van der Waals surface area contributed by atoms with Gasteiger partial charge in [0.25, 0.3) is 0 Å². The van der Waals surface area contributed by atoms with Gasteiger partial charge in [-0.25, -0.2) is 4.98 Å². The molecule has 2 aromatic carbocycles. The number of benzene rings is 2. The highest BCUT2D eigenvalue weighted by Crippen LogP contribution is 2.42. The van der Waals surface area contributed by atoms with E-state index in [1.807, 2.05) is 18.6 Å². The minimum Gasteiger partial charge on any atom is -0.393 e. The van der Waals surface area contributed by atoms with Crippen LogP contribution in [-0.4, -0.2) is 26.9 Å². The minimum atomic E-state index is -0.295. The maximum atomic E-state index is 11.0. The van der Waals surface area contributed by atoms with Crippen LogP contribution in [0.2, 0.25) is 0 Å². The second-order valence-electron chi connectivity index (χ2n) is 8.43. The van der Waals surface area contributed by atoms with Crippen molar-refractivity contribution in [1.29, 1.82) is 0 Å². The van der Waals surface area contributed by atoms with Gasteiger partial charge in [0.1, 0.15) is 0 Å². The van der Waals surface area contributed by atoms with Gasteiger partial charge >= 0.3 is 0 Å². The van der Waals surface area contributed by atoms with Gasteiger partial charge in [0.2, 0.25) is 0 Å². The first-order valence-electron chi connectivity index (χ1n) is 10.7. The van der Waals surface area contributed by atoms with Crippen LogP contribution in [-0.2, 0) is 11.3 Å². The molecule has 1 aliphatic carbocycles.